The van der Waals surface area contributed by atoms with Crippen molar-refractivity contribution in [1.82, 2.24) is 24.8 Å². The van der Waals surface area contributed by atoms with Crippen molar-refractivity contribution in [1.29, 1.82) is 5.26 Å². The van der Waals surface area contributed by atoms with Crippen LogP contribution in [-0.4, -0.2) is 56.9 Å². The van der Waals surface area contributed by atoms with Gasteiger partial charge in [-0.15, -0.1) is 0 Å². The third kappa shape index (κ3) is 4.24. The number of nitrogen functional groups attached to an aromatic ring is 1. The second kappa shape index (κ2) is 8.81. The Labute approximate surface area is 183 Å². The van der Waals surface area contributed by atoms with Crippen LogP contribution in [-0.2, 0) is 4.79 Å². The number of carbonyl (C=O) groups excluding carboxylic acids is 1. The van der Waals surface area contributed by atoms with Gasteiger partial charge in [-0.3, -0.25) is 4.79 Å². The molecule has 0 bridgehead atoms. The maximum Gasteiger partial charge on any atom is 0.322 e. The molecule has 3 aromatic rings. The number of piperazine rings is 1. The smallest absolute Gasteiger partial charge is 0.322 e. The monoisotopic (exact) mass is 434 g/mol. The van der Waals surface area contributed by atoms with E-state index in [9.17, 15) is 9.18 Å². The first-order chi connectivity index (χ1) is 15.5. The van der Waals surface area contributed by atoms with Crippen molar-refractivity contribution in [3.8, 4) is 29.0 Å². The Bertz CT molecular complexity index is 1210. The summed E-state index contributed by atoms with van der Waals surface area (Å²) < 4.78 is 20.3. The molecule has 2 N–H and O–H groups in total. The second-order valence-corrected chi connectivity index (χ2v) is 7.08. The molecule has 0 atom stereocenters. The predicted octanol–water partition coefficient (Wildman–Crippen LogP) is 1.93. The van der Waals surface area contributed by atoms with Gasteiger partial charge < -0.3 is 20.3 Å². The van der Waals surface area contributed by atoms with Crippen molar-refractivity contribution in [2.45, 2.75) is 6.92 Å². The van der Waals surface area contributed by atoms with Gasteiger partial charge >= 0.3 is 6.01 Å². The summed E-state index contributed by atoms with van der Waals surface area (Å²) in [6.07, 6.45) is 2.82. The minimum atomic E-state index is -0.642. The summed E-state index contributed by atoms with van der Waals surface area (Å²) in [6.45, 7) is 2.65. The number of nitriles is 1. The highest BCUT2D eigenvalue weighted by Gasteiger charge is 2.27. The van der Waals surface area contributed by atoms with Crippen molar-refractivity contribution >= 4 is 17.5 Å². The summed E-state index contributed by atoms with van der Waals surface area (Å²) in [7, 11) is 0. The molecule has 1 aliphatic heterocycles. The molecule has 162 valence electrons. The van der Waals surface area contributed by atoms with Gasteiger partial charge in [-0.25, -0.2) is 24.3 Å². The maximum atomic E-state index is 14.9. The lowest BCUT2D eigenvalue weighted by molar-refractivity contribution is -0.130. The number of amides is 1. The third-order valence-corrected chi connectivity index (χ3v) is 4.93. The van der Waals surface area contributed by atoms with E-state index < -0.39 is 5.82 Å². The van der Waals surface area contributed by atoms with E-state index in [0.717, 1.165) is 0 Å². The van der Waals surface area contributed by atoms with E-state index in [-0.39, 0.29) is 36.6 Å². The van der Waals surface area contributed by atoms with Gasteiger partial charge in [-0.05, 0) is 30.7 Å². The number of carbonyl (C=O) groups is 1. The largest absolute Gasteiger partial charge is 0.421 e. The summed E-state index contributed by atoms with van der Waals surface area (Å²) >= 11 is 0. The zero-order valence-electron chi connectivity index (χ0n) is 17.2. The maximum absolute atomic E-state index is 14.9. The van der Waals surface area contributed by atoms with Gasteiger partial charge in [-0.2, -0.15) is 5.26 Å². The molecule has 1 aromatic carbocycles. The van der Waals surface area contributed by atoms with Crippen LogP contribution in [0.15, 0.2) is 36.8 Å². The van der Waals surface area contributed by atoms with Crippen LogP contribution in [0.2, 0.25) is 0 Å². The minimum Gasteiger partial charge on any atom is -0.421 e. The van der Waals surface area contributed by atoms with Crippen LogP contribution in [0, 0.1) is 24.1 Å². The zero-order valence-corrected chi connectivity index (χ0v) is 17.2. The lowest BCUT2D eigenvalue weighted by Gasteiger charge is -2.34. The summed E-state index contributed by atoms with van der Waals surface area (Å²) in [6, 6.07) is 8.05. The van der Waals surface area contributed by atoms with Gasteiger partial charge in [-0.1, -0.05) is 6.07 Å². The number of anilines is 2. The highest BCUT2D eigenvalue weighted by molar-refractivity contribution is 5.88. The van der Waals surface area contributed by atoms with Gasteiger partial charge in [0, 0.05) is 25.0 Å². The Morgan fingerprint density at radius 1 is 1.25 bits per heavy atom. The quantitative estimate of drug-likeness (QED) is 0.598. The van der Waals surface area contributed by atoms with Gasteiger partial charge in [0.2, 0.25) is 5.91 Å². The molecule has 0 saturated carbocycles. The molecule has 11 heteroatoms. The molecule has 1 fully saturated rings. The number of nitrogens with zero attached hydrogens (tertiary/aromatic N) is 7. The number of nitrogens with two attached hydrogens (primary N) is 1. The van der Waals surface area contributed by atoms with E-state index in [1.807, 2.05) is 6.07 Å². The number of aryl methyl sites for hydroxylation is 1. The summed E-state index contributed by atoms with van der Waals surface area (Å²) in [5, 5.41) is 8.86. The van der Waals surface area contributed by atoms with E-state index in [1.54, 1.807) is 24.0 Å². The van der Waals surface area contributed by atoms with Crippen molar-refractivity contribution in [2.75, 3.05) is 36.8 Å². The van der Waals surface area contributed by atoms with Crippen LogP contribution in [0.4, 0.5) is 16.0 Å². The van der Waals surface area contributed by atoms with E-state index in [2.05, 4.69) is 19.9 Å². The van der Waals surface area contributed by atoms with E-state index in [4.69, 9.17) is 15.7 Å². The number of aromatic nitrogens is 4. The lowest BCUT2D eigenvalue weighted by atomic mass is 10.1. The number of hydrogen-bond donors (Lipinski definition) is 1. The number of halogens is 1. The molecule has 0 unspecified atom stereocenters. The summed E-state index contributed by atoms with van der Waals surface area (Å²) in [5.41, 5.74) is 7.64. The highest BCUT2D eigenvalue weighted by atomic mass is 19.1. The van der Waals surface area contributed by atoms with E-state index in [1.165, 1.54) is 29.6 Å². The van der Waals surface area contributed by atoms with Crippen molar-refractivity contribution in [3.05, 3.63) is 48.3 Å². The number of hydrogen-bond acceptors (Lipinski definition) is 9. The molecule has 3 heterocycles. The van der Waals surface area contributed by atoms with Gasteiger partial charge in [0.05, 0.1) is 18.2 Å². The first-order valence-corrected chi connectivity index (χ1v) is 9.74. The Kier molecular flexibility index (Phi) is 5.76. The molecule has 2 aromatic heterocycles. The zero-order chi connectivity index (χ0) is 22.7. The molecule has 0 radical (unpaired) electrons. The van der Waals surface area contributed by atoms with Gasteiger partial charge in [0.1, 0.15) is 24.5 Å². The molecule has 0 spiro atoms. The third-order valence-electron chi connectivity index (χ3n) is 4.93. The Morgan fingerprint density at radius 3 is 2.81 bits per heavy atom. The molecule has 32 heavy (non-hydrogen) atoms. The molecule has 1 aliphatic rings. The van der Waals surface area contributed by atoms with Crippen LogP contribution >= 0.6 is 0 Å². The molecule has 1 saturated heterocycles. The fourth-order valence-electron chi connectivity index (χ4n) is 3.36. The van der Waals surface area contributed by atoms with E-state index >= 15 is 0 Å². The van der Waals surface area contributed by atoms with Gasteiger partial charge in [0.25, 0.3) is 0 Å². The fraction of sp³-hybridized carbons (Fsp3) is 0.238. The number of rotatable bonds is 5. The molecular formula is C21H19FN8O2. The van der Waals surface area contributed by atoms with Crippen LogP contribution in [0.1, 0.15) is 5.69 Å². The van der Waals surface area contributed by atoms with Crippen LogP contribution < -0.4 is 15.4 Å². The highest BCUT2D eigenvalue weighted by Crippen LogP contribution is 2.36. The standard InChI is InChI=1S/C21H19FN8O2/c1-13-4-6-25-21(28-13)32-16-3-2-14(10-15(16)22)18-19(24)26-12-27-20(18)30-9-8-29(7-5-23)17(31)11-30/h2-4,6,10,12H,7-9,11H2,1H3,(H2,24,26,27). The molecule has 10 nitrogen and oxygen atoms in total. The van der Waals surface area contributed by atoms with Crippen molar-refractivity contribution in [3.63, 3.8) is 0 Å². The Hall–Kier alpha value is -4.33. The molecule has 1 amide bonds. The number of ether oxygens (including phenoxy) is 1. The van der Waals surface area contributed by atoms with Crippen molar-refractivity contribution < 1.29 is 13.9 Å². The van der Waals surface area contributed by atoms with Crippen LogP contribution in [0.25, 0.3) is 11.1 Å². The topological polar surface area (TPSA) is 134 Å². The van der Waals surface area contributed by atoms with Crippen LogP contribution in [0.3, 0.4) is 0 Å². The van der Waals surface area contributed by atoms with E-state index in [0.29, 0.717) is 35.7 Å². The second-order valence-electron chi connectivity index (χ2n) is 7.08. The van der Waals surface area contributed by atoms with Gasteiger partial charge in [0.15, 0.2) is 11.6 Å². The summed E-state index contributed by atoms with van der Waals surface area (Å²) in [5.74, 6) is -0.322. The SMILES string of the molecule is Cc1ccnc(Oc2ccc(-c3c(N)ncnc3N3CCN(CC#N)C(=O)C3)cc2F)n1. The average molecular weight is 434 g/mol. The molecule has 4 rings (SSSR count). The Balaban J connectivity index is 1.64. The normalized spacial score (nSPS) is 13.7. The first kappa shape index (κ1) is 20.9. The average Bonchev–Trinajstić information content (AvgIpc) is 2.77. The summed E-state index contributed by atoms with van der Waals surface area (Å²) in [4.78, 5) is 32.0. The first-order valence-electron chi connectivity index (χ1n) is 9.74. The predicted molar refractivity (Wildman–Crippen MR) is 113 cm³/mol. The Morgan fingerprint density at radius 2 is 2.09 bits per heavy atom. The molecule has 0 aliphatic carbocycles. The fourth-order valence-corrected chi connectivity index (χ4v) is 3.36. The van der Waals surface area contributed by atoms with Crippen molar-refractivity contribution in [2.24, 2.45) is 0 Å². The van der Waals surface area contributed by atoms with Crippen LogP contribution in [0.5, 0.6) is 11.8 Å². The lowest BCUT2D eigenvalue weighted by Crippen LogP contribution is -2.50. The minimum absolute atomic E-state index is 0.0273. The molecular weight excluding hydrogens is 415 g/mol. The number of benzene rings is 1.